The zero-order valence-corrected chi connectivity index (χ0v) is 9.40. The van der Waals surface area contributed by atoms with E-state index < -0.39 is 0 Å². The van der Waals surface area contributed by atoms with E-state index in [4.69, 9.17) is 4.74 Å². The van der Waals surface area contributed by atoms with Crippen molar-refractivity contribution in [1.82, 2.24) is 9.97 Å². The summed E-state index contributed by atoms with van der Waals surface area (Å²) in [5.74, 6) is 1.30. The Bertz CT molecular complexity index is 323. The first-order chi connectivity index (χ1) is 6.69. The zero-order valence-electron chi connectivity index (χ0n) is 8.59. The normalized spacial score (nSPS) is 10.2. The summed E-state index contributed by atoms with van der Waals surface area (Å²) >= 11 is 1.53. The quantitative estimate of drug-likeness (QED) is 0.615. The van der Waals surface area contributed by atoms with Gasteiger partial charge in [-0.2, -0.15) is 0 Å². The van der Waals surface area contributed by atoms with Crippen molar-refractivity contribution in [1.29, 1.82) is 0 Å². The Kier molecular flexibility index (Phi) is 4.00. The van der Waals surface area contributed by atoms with E-state index in [1.807, 2.05) is 13.8 Å². The number of H-pyrrole nitrogens is 1. The Hall–Kier alpha value is -0.970. The average Bonchev–Trinajstić information content (AvgIpc) is 2.48. The van der Waals surface area contributed by atoms with Gasteiger partial charge in [0, 0.05) is 0 Å². The predicted molar refractivity (Wildman–Crippen MR) is 55.7 cm³/mol. The molecule has 0 amide bonds. The minimum atomic E-state index is -0.330. The van der Waals surface area contributed by atoms with Crippen molar-refractivity contribution in [3.05, 3.63) is 11.5 Å². The van der Waals surface area contributed by atoms with Crippen LogP contribution < -0.4 is 0 Å². The topological polar surface area (TPSA) is 55.0 Å². The third-order valence-corrected chi connectivity index (χ3v) is 2.41. The molecule has 5 heteroatoms. The third-order valence-electron chi connectivity index (χ3n) is 1.55. The van der Waals surface area contributed by atoms with Gasteiger partial charge in [-0.15, -0.1) is 11.8 Å². The Balaban J connectivity index is 2.88. The van der Waals surface area contributed by atoms with Crippen molar-refractivity contribution in [2.75, 3.05) is 12.4 Å². The maximum absolute atomic E-state index is 11.4. The van der Waals surface area contributed by atoms with Crippen molar-refractivity contribution < 1.29 is 9.53 Å². The van der Waals surface area contributed by atoms with Crippen molar-refractivity contribution in [3.63, 3.8) is 0 Å². The summed E-state index contributed by atoms with van der Waals surface area (Å²) in [6.45, 7) is 6.01. The van der Waals surface area contributed by atoms with Gasteiger partial charge in [0.25, 0.3) is 0 Å². The molecular weight excluding hydrogens is 200 g/mol. The van der Waals surface area contributed by atoms with Crippen LogP contribution in [0.15, 0.2) is 5.03 Å². The summed E-state index contributed by atoms with van der Waals surface area (Å²) in [5.41, 5.74) is 0.469. The number of aromatic nitrogens is 2. The molecule has 0 aliphatic heterocycles. The van der Waals surface area contributed by atoms with Gasteiger partial charge in [0.05, 0.1) is 6.61 Å². The van der Waals surface area contributed by atoms with Crippen molar-refractivity contribution in [2.24, 2.45) is 0 Å². The molecule has 1 aromatic rings. The van der Waals surface area contributed by atoms with Crippen LogP contribution in [0.3, 0.4) is 0 Å². The fraction of sp³-hybridized carbons (Fsp3) is 0.556. The molecule has 0 saturated heterocycles. The summed E-state index contributed by atoms with van der Waals surface area (Å²) in [4.78, 5) is 18.6. The molecule has 1 aromatic heterocycles. The lowest BCUT2D eigenvalue weighted by atomic mass is 10.5. The molecule has 0 unspecified atom stereocenters. The second-order valence-corrected chi connectivity index (χ2v) is 3.91. The van der Waals surface area contributed by atoms with Crippen molar-refractivity contribution in [3.8, 4) is 0 Å². The van der Waals surface area contributed by atoms with Crippen molar-refractivity contribution in [2.45, 2.75) is 25.8 Å². The van der Waals surface area contributed by atoms with Gasteiger partial charge in [0.2, 0.25) is 0 Å². The van der Waals surface area contributed by atoms with Crippen LogP contribution in [0.4, 0.5) is 0 Å². The van der Waals surface area contributed by atoms with Gasteiger partial charge >= 0.3 is 5.97 Å². The highest BCUT2D eigenvalue weighted by Gasteiger charge is 2.16. The van der Waals surface area contributed by atoms with E-state index >= 15 is 0 Å². The molecule has 14 heavy (non-hydrogen) atoms. The lowest BCUT2D eigenvalue weighted by molar-refractivity contribution is 0.0515. The summed E-state index contributed by atoms with van der Waals surface area (Å²) in [5, 5.41) is 0.725. The summed E-state index contributed by atoms with van der Waals surface area (Å²) in [6.07, 6.45) is 0. The fourth-order valence-corrected chi connectivity index (χ4v) is 1.81. The summed E-state index contributed by atoms with van der Waals surface area (Å²) in [6, 6.07) is 0. The Morgan fingerprint density at radius 3 is 2.86 bits per heavy atom. The molecule has 1 heterocycles. The van der Waals surface area contributed by atoms with E-state index in [2.05, 4.69) is 9.97 Å². The van der Waals surface area contributed by atoms with E-state index in [1.165, 1.54) is 11.8 Å². The number of aromatic amines is 1. The molecule has 0 aromatic carbocycles. The van der Waals surface area contributed by atoms with Crippen LogP contribution in [0.5, 0.6) is 0 Å². The highest BCUT2D eigenvalue weighted by atomic mass is 32.2. The second kappa shape index (κ2) is 5.05. The number of rotatable bonds is 4. The molecule has 0 fully saturated rings. The Labute approximate surface area is 87.4 Å². The number of carbonyl (C=O) groups excluding carboxylic acids is 1. The molecule has 0 spiro atoms. The molecular formula is C9H14N2O2S. The number of hydrogen-bond acceptors (Lipinski definition) is 4. The molecule has 78 valence electrons. The second-order valence-electron chi connectivity index (χ2n) is 2.66. The number of carbonyl (C=O) groups is 1. The smallest absolute Gasteiger partial charge is 0.357 e. The van der Waals surface area contributed by atoms with Crippen molar-refractivity contribution >= 4 is 17.7 Å². The fourth-order valence-electron chi connectivity index (χ4n) is 1.05. The molecule has 0 atom stereocenters. The molecule has 0 radical (unpaired) electrons. The molecule has 4 nitrogen and oxygen atoms in total. The minimum absolute atomic E-state index is 0.330. The zero-order chi connectivity index (χ0) is 10.6. The number of nitrogens with zero attached hydrogens (tertiary/aromatic N) is 1. The third kappa shape index (κ3) is 2.51. The van der Waals surface area contributed by atoms with Gasteiger partial charge in [0.15, 0.2) is 5.69 Å². The number of ether oxygens (including phenoxy) is 1. The largest absolute Gasteiger partial charge is 0.461 e. The highest BCUT2D eigenvalue weighted by molar-refractivity contribution is 7.99. The first-order valence-corrected chi connectivity index (χ1v) is 5.54. The Morgan fingerprint density at radius 1 is 1.57 bits per heavy atom. The van der Waals surface area contributed by atoms with Crippen LogP contribution in [-0.4, -0.2) is 28.3 Å². The first kappa shape index (κ1) is 11.1. The number of nitrogens with one attached hydrogen (secondary N) is 1. The van der Waals surface area contributed by atoms with Crippen LogP contribution in [0, 0.1) is 6.92 Å². The van der Waals surface area contributed by atoms with Gasteiger partial charge < -0.3 is 9.72 Å². The number of imidazole rings is 1. The van der Waals surface area contributed by atoms with E-state index in [-0.39, 0.29) is 5.97 Å². The molecule has 0 bridgehead atoms. The number of thioether (sulfide) groups is 1. The molecule has 0 aliphatic rings. The van der Waals surface area contributed by atoms with E-state index in [9.17, 15) is 4.79 Å². The summed E-state index contributed by atoms with van der Waals surface area (Å²) < 4.78 is 4.90. The Morgan fingerprint density at radius 2 is 2.29 bits per heavy atom. The number of aryl methyl sites for hydroxylation is 1. The van der Waals surface area contributed by atoms with Crippen LogP contribution >= 0.6 is 11.8 Å². The summed E-state index contributed by atoms with van der Waals surface area (Å²) in [7, 11) is 0. The first-order valence-electron chi connectivity index (χ1n) is 4.55. The van der Waals surface area contributed by atoms with E-state index in [1.54, 1.807) is 6.92 Å². The standard InChI is InChI=1S/C9H14N2O2S/c1-4-13-9(12)7-8(14-5-2)11-6(3)10-7/h4-5H2,1-3H3,(H,10,11). The van der Waals surface area contributed by atoms with Gasteiger partial charge in [-0.1, -0.05) is 6.92 Å². The lowest BCUT2D eigenvalue weighted by Crippen LogP contribution is -2.06. The molecule has 1 N–H and O–H groups in total. The monoisotopic (exact) mass is 214 g/mol. The SMILES string of the molecule is CCOC(=O)c1[nH]c(C)nc1SCC. The minimum Gasteiger partial charge on any atom is -0.461 e. The van der Waals surface area contributed by atoms with Crippen LogP contribution in [0.1, 0.15) is 30.2 Å². The molecule has 0 aliphatic carbocycles. The van der Waals surface area contributed by atoms with Crippen LogP contribution in [0.25, 0.3) is 0 Å². The predicted octanol–water partition coefficient (Wildman–Crippen LogP) is 2.01. The van der Waals surface area contributed by atoms with Gasteiger partial charge in [-0.05, 0) is 19.6 Å². The maximum Gasteiger partial charge on any atom is 0.357 e. The van der Waals surface area contributed by atoms with Gasteiger partial charge in [0.1, 0.15) is 10.9 Å². The average molecular weight is 214 g/mol. The van der Waals surface area contributed by atoms with Gasteiger partial charge in [-0.25, -0.2) is 9.78 Å². The highest BCUT2D eigenvalue weighted by Crippen LogP contribution is 2.20. The van der Waals surface area contributed by atoms with Gasteiger partial charge in [-0.3, -0.25) is 0 Å². The molecule has 1 rings (SSSR count). The van der Waals surface area contributed by atoms with Crippen LogP contribution in [-0.2, 0) is 4.74 Å². The van der Waals surface area contributed by atoms with Crippen LogP contribution in [0.2, 0.25) is 0 Å². The number of esters is 1. The number of hydrogen-bond donors (Lipinski definition) is 1. The van der Waals surface area contributed by atoms with E-state index in [0.29, 0.717) is 12.3 Å². The molecule has 0 saturated carbocycles. The lowest BCUT2D eigenvalue weighted by Gasteiger charge is -2.00. The van der Waals surface area contributed by atoms with E-state index in [0.717, 1.165) is 16.6 Å². The maximum atomic E-state index is 11.4.